The highest BCUT2D eigenvalue weighted by Crippen LogP contribution is 2.65. The average Bonchev–Trinajstić information content (AvgIpc) is 3.98. The molecule has 1 fully saturated rings. The lowest BCUT2D eigenvalue weighted by molar-refractivity contribution is 0.390. The van der Waals surface area contributed by atoms with E-state index in [9.17, 15) is 0 Å². The fourth-order valence-electron chi connectivity index (χ4n) is 13.1. The summed E-state index contributed by atoms with van der Waals surface area (Å²) in [5.74, 6) is 0.878. The third-order valence-electron chi connectivity index (χ3n) is 16.0. The van der Waals surface area contributed by atoms with Gasteiger partial charge in [0.15, 0.2) is 0 Å². The lowest BCUT2D eigenvalue weighted by Gasteiger charge is -2.42. The van der Waals surface area contributed by atoms with Crippen molar-refractivity contribution < 1.29 is 4.42 Å². The summed E-state index contributed by atoms with van der Waals surface area (Å²) in [4.78, 5) is 5.39. The highest BCUT2D eigenvalue weighted by atomic mass is 32.2. The Hall–Kier alpha value is -7.07. The van der Waals surface area contributed by atoms with E-state index < -0.39 is 5.41 Å². The van der Waals surface area contributed by atoms with Gasteiger partial charge in [-0.3, -0.25) is 0 Å². The van der Waals surface area contributed by atoms with Crippen molar-refractivity contribution in [3.05, 3.63) is 245 Å². The molecule has 0 saturated heterocycles. The van der Waals surface area contributed by atoms with Gasteiger partial charge in [0.25, 0.3) is 0 Å². The molecule has 67 heavy (non-hydrogen) atoms. The van der Waals surface area contributed by atoms with E-state index in [1.54, 1.807) is 0 Å². The molecule has 0 amide bonds. The van der Waals surface area contributed by atoms with Gasteiger partial charge in [0.05, 0.1) is 11.1 Å². The van der Waals surface area contributed by atoms with Crippen molar-refractivity contribution in [3.63, 3.8) is 0 Å². The minimum Gasteiger partial charge on any atom is -0.456 e. The summed E-state index contributed by atoms with van der Waals surface area (Å²) >= 11 is 2.01. The van der Waals surface area contributed by atoms with Gasteiger partial charge in [0.2, 0.25) is 0 Å². The van der Waals surface area contributed by atoms with Crippen molar-refractivity contribution in [3.8, 4) is 22.3 Å². The Morgan fingerprint density at radius 3 is 1.94 bits per heavy atom. The maximum Gasteiger partial charge on any atom is 0.135 e. The Morgan fingerprint density at radius 1 is 0.493 bits per heavy atom. The summed E-state index contributed by atoms with van der Waals surface area (Å²) in [7, 11) is 0. The molecule has 1 spiro atoms. The minimum absolute atomic E-state index is 0.157. The Kier molecular flexibility index (Phi) is 8.59. The highest BCUT2D eigenvalue weighted by molar-refractivity contribution is 7.99. The number of fused-ring (bicyclic) bond motifs is 15. The Labute approximate surface area is 396 Å². The van der Waals surface area contributed by atoms with Gasteiger partial charge in [0.1, 0.15) is 11.2 Å². The zero-order valence-corrected chi connectivity index (χ0v) is 38.6. The predicted molar refractivity (Wildman–Crippen MR) is 278 cm³/mol. The summed E-state index contributed by atoms with van der Waals surface area (Å²) in [5.41, 5.74) is 21.1. The molecule has 14 rings (SSSR count). The van der Waals surface area contributed by atoms with Gasteiger partial charge in [-0.2, -0.15) is 0 Å². The molecule has 3 heteroatoms. The standard InChI is InChI=1S/C64H49NOS/c1-63(2)51-26-10-8-25-48(51)61-55(63)30-17-31-57(61)65(43-34-35-59-50(37-43)47-24-9-14-32-58(47)66-59)44-38-49(42-21-16-20-41(36-42)40-18-4-3-5-19-40)62-56(39-44)64(54-29-13-15-33-60(54)67-62)52-27-11-6-22-45(52)46-23-7-12-28-53(46)64/h3-15,17-19,22-35,37-39,41-42H,16,20-21,36H2,1-2H3. The molecule has 1 saturated carbocycles. The van der Waals surface area contributed by atoms with Crippen LogP contribution in [0.3, 0.4) is 0 Å². The quantitative estimate of drug-likeness (QED) is 0.171. The van der Waals surface area contributed by atoms with Crippen LogP contribution in [0.1, 0.15) is 95.9 Å². The first-order valence-corrected chi connectivity index (χ1v) is 24.9. The van der Waals surface area contributed by atoms with E-state index in [2.05, 4.69) is 219 Å². The van der Waals surface area contributed by atoms with Crippen LogP contribution in [0, 0.1) is 0 Å². The molecule has 10 aromatic rings. The van der Waals surface area contributed by atoms with E-state index in [0.717, 1.165) is 40.5 Å². The average molecular weight is 880 g/mol. The second-order valence-corrected chi connectivity index (χ2v) is 20.9. The number of anilines is 3. The second-order valence-electron chi connectivity index (χ2n) is 19.8. The number of para-hydroxylation sites is 1. The first-order chi connectivity index (χ1) is 33.0. The predicted octanol–water partition coefficient (Wildman–Crippen LogP) is 17.6. The van der Waals surface area contributed by atoms with E-state index in [-0.39, 0.29) is 5.41 Å². The third kappa shape index (κ3) is 5.58. The molecule has 2 unspecified atom stereocenters. The Balaban J connectivity index is 1.10. The van der Waals surface area contributed by atoms with Crippen molar-refractivity contribution in [2.24, 2.45) is 0 Å². The van der Waals surface area contributed by atoms with Crippen molar-refractivity contribution in [1.82, 2.24) is 0 Å². The molecule has 1 aromatic heterocycles. The highest BCUT2D eigenvalue weighted by Gasteiger charge is 2.51. The molecular formula is C64H49NOS. The molecule has 9 aromatic carbocycles. The van der Waals surface area contributed by atoms with Crippen molar-refractivity contribution in [2.75, 3.05) is 4.90 Å². The lowest BCUT2D eigenvalue weighted by atomic mass is 9.66. The topological polar surface area (TPSA) is 16.4 Å². The Bertz CT molecular complexity index is 3590. The van der Waals surface area contributed by atoms with Crippen LogP contribution in [0.25, 0.3) is 44.2 Å². The summed E-state index contributed by atoms with van der Waals surface area (Å²) in [6, 6.07) is 75.9. The summed E-state index contributed by atoms with van der Waals surface area (Å²) in [6.07, 6.45) is 4.71. The SMILES string of the molecule is CC1(C)c2ccccc2-c2c(N(c3cc(C4CCCC(c5ccccc5)C4)c4c(c3)C3(c5ccccc5S4)c4ccccc4-c4ccccc43)c3ccc4oc5ccccc5c4c3)cccc21. The van der Waals surface area contributed by atoms with Crippen LogP contribution in [0.4, 0.5) is 17.1 Å². The molecule has 0 N–H and O–H groups in total. The van der Waals surface area contributed by atoms with Gasteiger partial charge in [-0.25, -0.2) is 0 Å². The second kappa shape index (κ2) is 14.7. The zero-order chi connectivity index (χ0) is 44.4. The fraction of sp³-hybridized carbons (Fsp3) is 0.156. The van der Waals surface area contributed by atoms with Crippen LogP contribution in [0.15, 0.2) is 214 Å². The molecule has 3 aliphatic carbocycles. The number of furan rings is 1. The smallest absolute Gasteiger partial charge is 0.135 e. The number of hydrogen-bond acceptors (Lipinski definition) is 3. The van der Waals surface area contributed by atoms with E-state index in [4.69, 9.17) is 4.42 Å². The minimum atomic E-state index is -0.522. The van der Waals surface area contributed by atoms with Crippen molar-refractivity contribution in [1.29, 1.82) is 0 Å². The monoisotopic (exact) mass is 879 g/mol. The van der Waals surface area contributed by atoms with E-state index in [0.29, 0.717) is 11.8 Å². The third-order valence-corrected chi connectivity index (χ3v) is 17.3. The molecule has 0 radical (unpaired) electrons. The van der Waals surface area contributed by atoms with Gasteiger partial charge < -0.3 is 9.32 Å². The molecule has 2 nitrogen and oxygen atoms in total. The molecule has 1 aliphatic heterocycles. The molecular weight excluding hydrogens is 831 g/mol. The zero-order valence-electron chi connectivity index (χ0n) is 37.8. The number of rotatable bonds is 5. The maximum atomic E-state index is 6.51. The van der Waals surface area contributed by atoms with E-state index in [1.165, 1.54) is 101 Å². The first kappa shape index (κ1) is 39.1. The molecule has 322 valence electrons. The molecule has 2 atom stereocenters. The van der Waals surface area contributed by atoms with Crippen molar-refractivity contribution in [2.45, 2.75) is 72.0 Å². The van der Waals surface area contributed by atoms with Gasteiger partial charge in [-0.15, -0.1) is 0 Å². The maximum absolute atomic E-state index is 6.51. The summed E-state index contributed by atoms with van der Waals surface area (Å²) < 4.78 is 6.51. The van der Waals surface area contributed by atoms with Gasteiger partial charge >= 0.3 is 0 Å². The summed E-state index contributed by atoms with van der Waals surface area (Å²) in [6.45, 7) is 4.79. The van der Waals surface area contributed by atoms with Crippen LogP contribution in [-0.2, 0) is 10.8 Å². The van der Waals surface area contributed by atoms with Crippen LogP contribution < -0.4 is 4.90 Å². The number of benzene rings is 9. The normalized spacial score (nSPS) is 17.9. The fourth-order valence-corrected chi connectivity index (χ4v) is 14.5. The van der Waals surface area contributed by atoms with E-state index >= 15 is 0 Å². The van der Waals surface area contributed by atoms with Gasteiger partial charge in [-0.1, -0.05) is 184 Å². The number of nitrogens with zero attached hydrogens (tertiary/aromatic N) is 1. The molecule has 2 heterocycles. The van der Waals surface area contributed by atoms with Gasteiger partial charge in [-0.05, 0) is 141 Å². The van der Waals surface area contributed by atoms with Crippen LogP contribution >= 0.6 is 11.8 Å². The van der Waals surface area contributed by atoms with E-state index in [1.807, 2.05) is 11.8 Å². The van der Waals surface area contributed by atoms with Crippen LogP contribution in [0.2, 0.25) is 0 Å². The Morgan fingerprint density at radius 2 is 1.13 bits per heavy atom. The van der Waals surface area contributed by atoms with Crippen LogP contribution in [0.5, 0.6) is 0 Å². The summed E-state index contributed by atoms with van der Waals surface area (Å²) in [5, 5.41) is 2.26. The van der Waals surface area contributed by atoms with Crippen molar-refractivity contribution >= 4 is 50.8 Å². The van der Waals surface area contributed by atoms with Gasteiger partial charge in [0, 0.05) is 42.9 Å². The molecule has 0 bridgehead atoms. The molecule has 4 aliphatic rings. The lowest BCUT2D eigenvalue weighted by Crippen LogP contribution is -2.33. The largest absolute Gasteiger partial charge is 0.456 e. The number of hydrogen-bond donors (Lipinski definition) is 0. The van der Waals surface area contributed by atoms with Crippen LogP contribution in [-0.4, -0.2) is 0 Å². The first-order valence-electron chi connectivity index (χ1n) is 24.1.